The second-order valence-corrected chi connectivity index (χ2v) is 5.80. The zero-order chi connectivity index (χ0) is 12.7. The van der Waals surface area contributed by atoms with Gasteiger partial charge < -0.3 is 5.32 Å². The Hall–Kier alpha value is -1.72. The van der Waals surface area contributed by atoms with E-state index >= 15 is 0 Å². The summed E-state index contributed by atoms with van der Waals surface area (Å²) in [7, 11) is 0. The lowest BCUT2D eigenvalue weighted by molar-refractivity contribution is 0.665. The molecule has 96 valence electrons. The normalized spacial score (nSPS) is 15.2. The van der Waals surface area contributed by atoms with Crippen molar-refractivity contribution in [3.05, 3.63) is 41.7 Å². The molecule has 1 N–H and O–H groups in total. The van der Waals surface area contributed by atoms with E-state index in [9.17, 15) is 0 Å². The zero-order valence-electron chi connectivity index (χ0n) is 10.4. The van der Waals surface area contributed by atoms with Gasteiger partial charge in [-0.25, -0.2) is 9.67 Å². The molecule has 1 fully saturated rings. The second-order valence-electron chi connectivity index (χ2n) is 4.91. The molecule has 1 aliphatic rings. The fraction of sp³-hybridized carbons (Fsp3) is 0.286. The van der Waals surface area contributed by atoms with Crippen molar-refractivity contribution in [1.82, 2.24) is 20.1 Å². The molecular weight excluding hydrogens is 256 g/mol. The molecule has 0 saturated heterocycles. The minimum atomic E-state index is 0.721. The summed E-state index contributed by atoms with van der Waals surface area (Å²) in [5.74, 6) is 0. The third-order valence-electron chi connectivity index (χ3n) is 3.37. The van der Waals surface area contributed by atoms with Crippen molar-refractivity contribution in [1.29, 1.82) is 0 Å². The summed E-state index contributed by atoms with van der Waals surface area (Å²) in [6.07, 6.45) is 4.64. The van der Waals surface area contributed by atoms with Crippen LogP contribution in [0.1, 0.15) is 18.5 Å². The first-order valence-electron chi connectivity index (χ1n) is 6.50. The second kappa shape index (κ2) is 4.43. The number of hydrogen-bond acceptors (Lipinski definition) is 4. The highest BCUT2D eigenvalue weighted by atomic mass is 32.1. The molecule has 0 aliphatic heterocycles. The number of rotatable bonds is 4. The maximum atomic E-state index is 4.61. The van der Waals surface area contributed by atoms with E-state index in [2.05, 4.69) is 33.6 Å². The third kappa shape index (κ3) is 2.27. The van der Waals surface area contributed by atoms with Crippen molar-refractivity contribution in [3.8, 4) is 5.69 Å². The molecule has 1 saturated carbocycles. The van der Waals surface area contributed by atoms with Crippen LogP contribution in [0.25, 0.3) is 15.9 Å². The lowest BCUT2D eigenvalue weighted by Gasteiger charge is -2.01. The van der Waals surface area contributed by atoms with Gasteiger partial charge in [0.1, 0.15) is 0 Å². The number of thiazole rings is 1. The summed E-state index contributed by atoms with van der Waals surface area (Å²) in [6.45, 7) is 0.862. The molecule has 2 heterocycles. The maximum absolute atomic E-state index is 4.61. The largest absolute Gasteiger partial charge is 0.308 e. The molecule has 0 amide bonds. The van der Waals surface area contributed by atoms with Gasteiger partial charge in [-0.2, -0.15) is 5.10 Å². The average molecular weight is 270 g/mol. The first-order valence-corrected chi connectivity index (χ1v) is 7.38. The summed E-state index contributed by atoms with van der Waals surface area (Å²) in [6, 6.07) is 9.04. The number of fused-ring (bicyclic) bond motifs is 1. The van der Waals surface area contributed by atoms with Gasteiger partial charge in [-0.3, -0.25) is 0 Å². The highest BCUT2D eigenvalue weighted by molar-refractivity contribution is 7.16. The molecule has 0 bridgehead atoms. The monoisotopic (exact) mass is 270 g/mol. The molecule has 4 rings (SSSR count). The highest BCUT2D eigenvalue weighted by Crippen LogP contribution is 2.21. The lowest BCUT2D eigenvalue weighted by atomic mass is 10.3. The Kier molecular flexibility index (Phi) is 2.60. The first-order chi connectivity index (χ1) is 9.38. The average Bonchev–Trinajstić information content (AvgIpc) is 2.96. The summed E-state index contributed by atoms with van der Waals surface area (Å²) in [5.41, 5.74) is 5.12. The quantitative estimate of drug-likeness (QED) is 0.792. The van der Waals surface area contributed by atoms with Crippen molar-refractivity contribution < 1.29 is 0 Å². The van der Waals surface area contributed by atoms with Crippen LogP contribution < -0.4 is 5.32 Å². The molecule has 0 atom stereocenters. The Bertz CT molecular complexity index is 711. The molecule has 0 unspecified atom stereocenters. The molecule has 2 aromatic heterocycles. The van der Waals surface area contributed by atoms with E-state index in [4.69, 9.17) is 0 Å². The standard InChI is InChI=1S/C14H14N4S/c1-2-10(1)15-8-11-5-6-18(17-11)12-3-4-13-14(7-12)19-9-16-13/h3-7,9-10,15H,1-2,8H2. The fourth-order valence-electron chi connectivity index (χ4n) is 2.12. The maximum Gasteiger partial charge on any atom is 0.0813 e. The predicted molar refractivity (Wildman–Crippen MR) is 76.6 cm³/mol. The van der Waals surface area contributed by atoms with Crippen LogP contribution in [-0.2, 0) is 6.54 Å². The minimum Gasteiger partial charge on any atom is -0.308 e. The van der Waals surface area contributed by atoms with Crippen LogP contribution in [0.5, 0.6) is 0 Å². The number of hydrogen-bond donors (Lipinski definition) is 1. The summed E-state index contributed by atoms with van der Waals surface area (Å²) in [5, 5.41) is 8.09. The molecule has 19 heavy (non-hydrogen) atoms. The van der Waals surface area contributed by atoms with Crippen molar-refractivity contribution in [3.63, 3.8) is 0 Å². The number of aromatic nitrogens is 3. The topological polar surface area (TPSA) is 42.7 Å². The van der Waals surface area contributed by atoms with E-state index in [1.807, 2.05) is 22.5 Å². The van der Waals surface area contributed by atoms with E-state index < -0.39 is 0 Å². The van der Waals surface area contributed by atoms with Crippen LogP contribution in [0.4, 0.5) is 0 Å². The van der Waals surface area contributed by atoms with Gasteiger partial charge in [0, 0.05) is 18.8 Å². The highest BCUT2D eigenvalue weighted by Gasteiger charge is 2.20. The van der Waals surface area contributed by atoms with Crippen molar-refractivity contribution >= 4 is 21.6 Å². The van der Waals surface area contributed by atoms with Gasteiger partial charge in [0.25, 0.3) is 0 Å². The fourth-order valence-corrected chi connectivity index (χ4v) is 2.83. The van der Waals surface area contributed by atoms with Gasteiger partial charge in [-0.05, 0) is 37.1 Å². The molecular formula is C14H14N4S. The Labute approximate surface area is 115 Å². The summed E-state index contributed by atoms with van der Waals surface area (Å²) in [4.78, 5) is 4.29. The zero-order valence-corrected chi connectivity index (χ0v) is 11.2. The number of nitrogens with one attached hydrogen (secondary N) is 1. The van der Waals surface area contributed by atoms with E-state index in [0.717, 1.165) is 29.5 Å². The van der Waals surface area contributed by atoms with Gasteiger partial charge in [0.2, 0.25) is 0 Å². The van der Waals surface area contributed by atoms with Crippen LogP contribution in [0.3, 0.4) is 0 Å². The minimum absolute atomic E-state index is 0.721. The Morgan fingerprint density at radius 2 is 2.26 bits per heavy atom. The van der Waals surface area contributed by atoms with Gasteiger partial charge in [0.05, 0.1) is 27.1 Å². The molecule has 5 heteroatoms. The first kappa shape index (κ1) is 11.1. The van der Waals surface area contributed by atoms with Gasteiger partial charge in [0.15, 0.2) is 0 Å². The van der Waals surface area contributed by atoms with Crippen LogP contribution in [0.2, 0.25) is 0 Å². The SMILES string of the molecule is c1nc2ccc(-n3ccc(CNC4CC4)n3)cc2s1. The molecule has 0 radical (unpaired) electrons. The van der Waals surface area contributed by atoms with E-state index in [-0.39, 0.29) is 0 Å². The van der Waals surface area contributed by atoms with Crippen LogP contribution in [0, 0.1) is 0 Å². The Morgan fingerprint density at radius 1 is 1.32 bits per heavy atom. The van der Waals surface area contributed by atoms with Crippen LogP contribution >= 0.6 is 11.3 Å². The van der Waals surface area contributed by atoms with Crippen molar-refractivity contribution in [2.75, 3.05) is 0 Å². The van der Waals surface area contributed by atoms with E-state index in [1.54, 1.807) is 11.3 Å². The van der Waals surface area contributed by atoms with Crippen molar-refractivity contribution in [2.45, 2.75) is 25.4 Å². The van der Waals surface area contributed by atoms with Gasteiger partial charge in [-0.1, -0.05) is 0 Å². The molecule has 3 aromatic rings. The Morgan fingerprint density at radius 3 is 3.16 bits per heavy atom. The smallest absolute Gasteiger partial charge is 0.0813 e. The van der Waals surface area contributed by atoms with Crippen molar-refractivity contribution in [2.24, 2.45) is 0 Å². The molecule has 1 aromatic carbocycles. The predicted octanol–water partition coefficient (Wildman–Crippen LogP) is 2.73. The number of benzene rings is 1. The molecule has 1 aliphatic carbocycles. The summed E-state index contributed by atoms with van der Waals surface area (Å²) < 4.78 is 3.13. The van der Waals surface area contributed by atoms with Crippen LogP contribution in [-0.4, -0.2) is 20.8 Å². The third-order valence-corrected chi connectivity index (χ3v) is 4.16. The van der Waals surface area contributed by atoms with Gasteiger partial charge in [-0.15, -0.1) is 11.3 Å². The van der Waals surface area contributed by atoms with E-state index in [0.29, 0.717) is 0 Å². The number of nitrogens with zero attached hydrogens (tertiary/aromatic N) is 3. The summed E-state index contributed by atoms with van der Waals surface area (Å²) >= 11 is 1.66. The van der Waals surface area contributed by atoms with Crippen LogP contribution in [0.15, 0.2) is 36.0 Å². The van der Waals surface area contributed by atoms with E-state index in [1.165, 1.54) is 17.5 Å². The molecule has 4 nitrogen and oxygen atoms in total. The molecule has 0 spiro atoms. The Balaban J connectivity index is 1.59. The van der Waals surface area contributed by atoms with Gasteiger partial charge >= 0.3 is 0 Å². The lowest BCUT2D eigenvalue weighted by Crippen LogP contribution is -2.15.